The van der Waals surface area contributed by atoms with Crippen molar-refractivity contribution in [2.45, 2.75) is 51.1 Å². The lowest BCUT2D eigenvalue weighted by molar-refractivity contribution is 0.0933. The van der Waals surface area contributed by atoms with E-state index >= 15 is 0 Å². The zero-order valence-electron chi connectivity index (χ0n) is 18.0. The number of para-hydroxylation sites is 1. The van der Waals surface area contributed by atoms with Gasteiger partial charge in [0.1, 0.15) is 0 Å². The quantitative estimate of drug-likeness (QED) is 0.720. The van der Waals surface area contributed by atoms with Gasteiger partial charge >= 0.3 is 0 Å². The van der Waals surface area contributed by atoms with Crippen molar-refractivity contribution in [2.75, 3.05) is 23.7 Å². The summed E-state index contributed by atoms with van der Waals surface area (Å²) < 4.78 is 26.5. The van der Waals surface area contributed by atoms with Crippen molar-refractivity contribution in [1.29, 1.82) is 0 Å². The third-order valence-electron chi connectivity index (χ3n) is 6.39. The molecule has 0 bridgehead atoms. The number of nitrogens with zero attached hydrogens (tertiary/aromatic N) is 1. The lowest BCUT2D eigenvalue weighted by Gasteiger charge is -2.35. The molecule has 0 saturated carbocycles. The normalized spacial score (nSPS) is 19.6. The highest BCUT2D eigenvalue weighted by Crippen LogP contribution is 2.31. The molecule has 1 fully saturated rings. The minimum absolute atomic E-state index is 0.0408. The molecule has 0 radical (unpaired) electrons. The summed E-state index contributed by atoms with van der Waals surface area (Å²) in [6.07, 6.45) is 4.55. The van der Waals surface area contributed by atoms with Crippen LogP contribution in [0, 0.1) is 0 Å². The van der Waals surface area contributed by atoms with Crippen LogP contribution in [0.2, 0.25) is 0 Å². The first-order valence-corrected chi connectivity index (χ1v) is 12.8. The molecule has 1 amide bonds. The molecular weight excluding hydrogens is 410 g/mol. The molecule has 0 spiro atoms. The van der Waals surface area contributed by atoms with Gasteiger partial charge in [-0.3, -0.25) is 4.79 Å². The van der Waals surface area contributed by atoms with E-state index in [2.05, 4.69) is 33.1 Å². The Hall–Kier alpha value is -2.38. The minimum Gasteiger partial charge on any atom is -0.371 e. The summed E-state index contributed by atoms with van der Waals surface area (Å²) in [5.74, 6) is 0.0478. The predicted molar refractivity (Wildman–Crippen MR) is 124 cm³/mol. The van der Waals surface area contributed by atoms with E-state index < -0.39 is 10.0 Å². The van der Waals surface area contributed by atoms with Crippen LogP contribution < -0.4 is 14.9 Å². The van der Waals surface area contributed by atoms with E-state index in [0.717, 1.165) is 37.8 Å². The largest absolute Gasteiger partial charge is 0.371 e. The third-order valence-corrected chi connectivity index (χ3v) is 7.84. The fraction of sp³-hybridized carbons (Fsp3) is 0.458. The summed E-state index contributed by atoms with van der Waals surface area (Å²) in [4.78, 5) is 15.4. The second-order valence-corrected chi connectivity index (χ2v) is 10.5. The van der Waals surface area contributed by atoms with Crippen molar-refractivity contribution in [3.8, 4) is 0 Å². The highest BCUT2D eigenvalue weighted by atomic mass is 32.2. The van der Waals surface area contributed by atoms with Crippen LogP contribution in [0.3, 0.4) is 0 Å². The number of carbonyl (C=O) groups is 1. The fourth-order valence-electron chi connectivity index (χ4n) is 4.66. The van der Waals surface area contributed by atoms with Gasteiger partial charge in [0.2, 0.25) is 10.0 Å². The smallest absolute Gasteiger partial charge is 0.253 e. The van der Waals surface area contributed by atoms with Gasteiger partial charge in [-0.1, -0.05) is 36.4 Å². The van der Waals surface area contributed by atoms with Crippen molar-refractivity contribution >= 4 is 21.6 Å². The Morgan fingerprint density at radius 1 is 1.03 bits per heavy atom. The van der Waals surface area contributed by atoms with Gasteiger partial charge in [0.25, 0.3) is 5.91 Å². The molecule has 31 heavy (non-hydrogen) atoms. The van der Waals surface area contributed by atoms with Crippen molar-refractivity contribution in [3.05, 3.63) is 65.2 Å². The zero-order chi connectivity index (χ0) is 21.8. The second kappa shape index (κ2) is 9.40. The number of anilines is 1. The number of hydrogen-bond acceptors (Lipinski definition) is 4. The number of nitrogens with one attached hydrogen (secondary N) is 2. The molecule has 1 saturated heterocycles. The lowest BCUT2D eigenvalue weighted by Crippen LogP contribution is -2.45. The molecule has 1 atom stereocenters. The van der Waals surface area contributed by atoms with Crippen LogP contribution in [0.5, 0.6) is 0 Å². The Balaban J connectivity index is 1.45. The molecule has 6 nitrogen and oxygen atoms in total. The summed E-state index contributed by atoms with van der Waals surface area (Å²) >= 11 is 0. The standard InChI is InChI=1S/C24H31N3O3S/c1-2-31(29,30)26-19-14-16-27(17-15-19)23-13-6-5-11-21(23)24(28)25-22-12-7-9-18-8-3-4-10-20(18)22/h3-6,8,10-11,13,19,22,26H,2,7,9,12,14-17H2,1H3,(H,25,28). The average Bonchev–Trinajstić information content (AvgIpc) is 2.79. The molecule has 7 heteroatoms. The molecule has 166 valence electrons. The van der Waals surface area contributed by atoms with Crippen LogP contribution in [0.25, 0.3) is 0 Å². The summed E-state index contributed by atoms with van der Waals surface area (Å²) in [5, 5.41) is 3.26. The van der Waals surface area contributed by atoms with E-state index in [9.17, 15) is 13.2 Å². The first-order chi connectivity index (χ1) is 15.0. The number of aryl methyl sites for hydroxylation is 1. The number of rotatable bonds is 6. The van der Waals surface area contributed by atoms with E-state index in [4.69, 9.17) is 0 Å². The number of piperidine rings is 1. The van der Waals surface area contributed by atoms with E-state index in [1.807, 2.05) is 30.3 Å². The van der Waals surface area contributed by atoms with Crippen molar-refractivity contribution < 1.29 is 13.2 Å². The third kappa shape index (κ3) is 5.10. The topological polar surface area (TPSA) is 78.5 Å². The molecule has 1 heterocycles. The second-order valence-electron chi connectivity index (χ2n) is 8.42. The van der Waals surface area contributed by atoms with Crippen molar-refractivity contribution in [3.63, 3.8) is 0 Å². The van der Waals surface area contributed by atoms with Gasteiger partial charge in [0.05, 0.1) is 17.4 Å². The molecule has 0 aromatic heterocycles. The Bertz CT molecular complexity index is 1030. The van der Waals surface area contributed by atoms with Crippen LogP contribution in [-0.4, -0.2) is 39.2 Å². The highest BCUT2D eigenvalue weighted by molar-refractivity contribution is 7.89. The van der Waals surface area contributed by atoms with Crippen LogP contribution in [-0.2, 0) is 16.4 Å². The molecule has 1 unspecified atom stereocenters. The molecule has 2 aromatic rings. The van der Waals surface area contributed by atoms with Crippen LogP contribution in [0.15, 0.2) is 48.5 Å². The molecule has 2 aromatic carbocycles. The Morgan fingerprint density at radius 3 is 2.52 bits per heavy atom. The van der Waals surface area contributed by atoms with Crippen molar-refractivity contribution in [1.82, 2.24) is 10.0 Å². The molecule has 1 aliphatic heterocycles. The fourth-order valence-corrected chi connectivity index (χ4v) is 5.57. The lowest BCUT2D eigenvalue weighted by atomic mass is 9.87. The number of benzene rings is 2. The van der Waals surface area contributed by atoms with Gasteiger partial charge in [0.15, 0.2) is 0 Å². The van der Waals surface area contributed by atoms with E-state index in [1.165, 1.54) is 11.1 Å². The summed E-state index contributed by atoms with van der Waals surface area (Å²) in [7, 11) is -3.20. The molecule has 1 aliphatic carbocycles. The number of fused-ring (bicyclic) bond motifs is 1. The first-order valence-electron chi connectivity index (χ1n) is 11.2. The van der Waals surface area contributed by atoms with Gasteiger partial charge < -0.3 is 10.2 Å². The molecule has 2 aliphatic rings. The zero-order valence-corrected chi connectivity index (χ0v) is 18.8. The summed E-state index contributed by atoms with van der Waals surface area (Å²) in [6.45, 7) is 3.08. The number of hydrogen-bond donors (Lipinski definition) is 2. The first kappa shape index (κ1) is 21.8. The van der Waals surface area contributed by atoms with Gasteiger partial charge in [0, 0.05) is 24.8 Å². The van der Waals surface area contributed by atoms with Crippen molar-refractivity contribution in [2.24, 2.45) is 0 Å². The predicted octanol–water partition coefficient (Wildman–Crippen LogP) is 3.40. The molecule has 2 N–H and O–H groups in total. The maximum atomic E-state index is 13.2. The Morgan fingerprint density at radius 2 is 1.74 bits per heavy atom. The maximum Gasteiger partial charge on any atom is 0.253 e. The average molecular weight is 442 g/mol. The molecule has 4 rings (SSSR count). The number of sulfonamides is 1. The minimum atomic E-state index is -3.20. The van der Waals surface area contributed by atoms with E-state index in [1.54, 1.807) is 6.92 Å². The monoisotopic (exact) mass is 441 g/mol. The van der Waals surface area contributed by atoms with Gasteiger partial charge in [-0.25, -0.2) is 13.1 Å². The van der Waals surface area contributed by atoms with E-state index in [-0.39, 0.29) is 23.7 Å². The van der Waals surface area contributed by atoms with Gasteiger partial charge in [-0.05, 0) is 62.3 Å². The summed E-state index contributed by atoms with van der Waals surface area (Å²) in [6, 6.07) is 16.1. The molecular formula is C24H31N3O3S. The number of amides is 1. The number of carbonyl (C=O) groups excluding carboxylic acids is 1. The van der Waals surface area contributed by atoms with Gasteiger partial charge in [-0.2, -0.15) is 0 Å². The van der Waals surface area contributed by atoms with Crippen LogP contribution >= 0.6 is 0 Å². The summed E-state index contributed by atoms with van der Waals surface area (Å²) in [5.41, 5.74) is 4.14. The Kier molecular flexibility index (Phi) is 6.62. The van der Waals surface area contributed by atoms with Crippen LogP contribution in [0.1, 0.15) is 60.1 Å². The Labute approximate surface area is 185 Å². The highest BCUT2D eigenvalue weighted by Gasteiger charge is 2.27. The van der Waals surface area contributed by atoms with Gasteiger partial charge in [-0.15, -0.1) is 0 Å². The van der Waals surface area contributed by atoms with Crippen LogP contribution in [0.4, 0.5) is 5.69 Å². The van der Waals surface area contributed by atoms with E-state index in [0.29, 0.717) is 18.7 Å². The SMILES string of the molecule is CCS(=O)(=O)NC1CCN(c2ccccc2C(=O)NC2CCCc3ccccc32)CC1. The maximum absolute atomic E-state index is 13.2.